The lowest BCUT2D eigenvalue weighted by atomic mass is 10.0. The Bertz CT molecular complexity index is 1200. The minimum atomic E-state index is -0.447. The van der Waals surface area contributed by atoms with Gasteiger partial charge in [-0.15, -0.1) is 0 Å². The monoisotopic (exact) mass is 430 g/mol. The largest absolute Gasteiger partial charge is 0.493 e. The summed E-state index contributed by atoms with van der Waals surface area (Å²) in [6.45, 7) is 5.96. The number of nitrogens with one attached hydrogen (secondary N) is 2. The maximum atomic E-state index is 12.8. The van der Waals surface area contributed by atoms with Crippen LogP contribution in [-0.4, -0.2) is 30.3 Å². The fraction of sp³-hybridized carbons (Fsp3) is 0.240. The number of aromatic nitrogens is 2. The Morgan fingerprint density at radius 1 is 1.12 bits per heavy atom. The molecule has 3 rings (SSSR count). The molecule has 1 heterocycles. The first-order valence-electron chi connectivity index (χ1n) is 10.1. The smallest absolute Gasteiger partial charge is 0.262 e. The van der Waals surface area contributed by atoms with E-state index in [-0.39, 0.29) is 11.6 Å². The SMILES string of the molecule is COc1ccc(-c2[nH]ncc2/C=C(/C#N)C(=O)N[C@H](C)c2ccc(C)c(C)c2)cc1OC. The van der Waals surface area contributed by atoms with E-state index in [1.807, 2.05) is 51.1 Å². The predicted octanol–water partition coefficient (Wildman–Crippen LogP) is 4.50. The zero-order valence-corrected chi connectivity index (χ0v) is 18.8. The minimum absolute atomic E-state index is 0.0104. The first kappa shape index (κ1) is 22.6. The van der Waals surface area contributed by atoms with Gasteiger partial charge in [0, 0.05) is 11.1 Å². The maximum absolute atomic E-state index is 12.8. The number of aryl methyl sites for hydroxylation is 2. The Balaban J connectivity index is 1.86. The van der Waals surface area contributed by atoms with E-state index in [0.717, 1.165) is 16.7 Å². The van der Waals surface area contributed by atoms with Crippen molar-refractivity contribution in [3.8, 4) is 28.8 Å². The number of nitrogens with zero attached hydrogens (tertiary/aromatic N) is 2. The average Bonchev–Trinajstić information content (AvgIpc) is 3.26. The molecule has 0 unspecified atom stereocenters. The molecule has 0 spiro atoms. The lowest BCUT2D eigenvalue weighted by molar-refractivity contribution is -0.117. The van der Waals surface area contributed by atoms with E-state index in [1.54, 1.807) is 32.5 Å². The van der Waals surface area contributed by atoms with E-state index in [0.29, 0.717) is 22.8 Å². The Kier molecular flexibility index (Phi) is 6.96. The van der Waals surface area contributed by atoms with E-state index in [4.69, 9.17) is 9.47 Å². The number of benzene rings is 2. The topological polar surface area (TPSA) is 100 Å². The summed E-state index contributed by atoms with van der Waals surface area (Å²) < 4.78 is 10.6. The third-order valence-corrected chi connectivity index (χ3v) is 5.38. The molecular formula is C25H26N4O3. The van der Waals surface area contributed by atoms with Crippen LogP contribution in [0.4, 0.5) is 0 Å². The Morgan fingerprint density at radius 2 is 1.88 bits per heavy atom. The van der Waals surface area contributed by atoms with Crippen molar-refractivity contribution < 1.29 is 14.3 Å². The summed E-state index contributed by atoms with van der Waals surface area (Å²) in [5, 5.41) is 19.5. The van der Waals surface area contributed by atoms with Gasteiger partial charge in [-0.05, 0) is 61.7 Å². The van der Waals surface area contributed by atoms with Crippen molar-refractivity contribution in [2.45, 2.75) is 26.8 Å². The molecule has 1 aromatic heterocycles. The van der Waals surface area contributed by atoms with Gasteiger partial charge in [0.2, 0.25) is 0 Å². The van der Waals surface area contributed by atoms with Crippen LogP contribution in [0.15, 0.2) is 48.2 Å². The fourth-order valence-corrected chi connectivity index (χ4v) is 3.32. The number of amides is 1. The van der Waals surface area contributed by atoms with E-state index in [1.165, 1.54) is 11.6 Å². The van der Waals surface area contributed by atoms with Gasteiger partial charge in [0.25, 0.3) is 5.91 Å². The normalized spacial score (nSPS) is 12.1. The molecule has 1 atom stereocenters. The molecule has 2 N–H and O–H groups in total. The van der Waals surface area contributed by atoms with Gasteiger partial charge in [0.15, 0.2) is 11.5 Å². The number of H-pyrrole nitrogens is 1. The summed E-state index contributed by atoms with van der Waals surface area (Å²) in [5.74, 6) is 0.720. The highest BCUT2D eigenvalue weighted by Crippen LogP contribution is 2.33. The zero-order valence-electron chi connectivity index (χ0n) is 18.8. The lowest BCUT2D eigenvalue weighted by Crippen LogP contribution is -2.27. The summed E-state index contributed by atoms with van der Waals surface area (Å²) in [6.07, 6.45) is 3.10. The number of ether oxygens (including phenoxy) is 2. The number of nitriles is 1. The van der Waals surface area contributed by atoms with Gasteiger partial charge in [-0.1, -0.05) is 18.2 Å². The van der Waals surface area contributed by atoms with Gasteiger partial charge in [-0.25, -0.2) is 0 Å². The molecule has 0 bridgehead atoms. The summed E-state index contributed by atoms with van der Waals surface area (Å²) in [6, 6.07) is 13.2. The molecule has 2 aromatic carbocycles. The van der Waals surface area contributed by atoms with Crippen LogP contribution in [-0.2, 0) is 4.79 Å². The molecule has 0 saturated heterocycles. The molecule has 0 saturated carbocycles. The molecular weight excluding hydrogens is 404 g/mol. The number of hydrogen-bond acceptors (Lipinski definition) is 5. The van der Waals surface area contributed by atoms with Crippen LogP contribution in [0.1, 0.15) is 35.2 Å². The lowest BCUT2D eigenvalue weighted by Gasteiger charge is -2.15. The van der Waals surface area contributed by atoms with Gasteiger partial charge in [-0.3, -0.25) is 9.89 Å². The van der Waals surface area contributed by atoms with Crippen molar-refractivity contribution in [2.24, 2.45) is 0 Å². The van der Waals surface area contributed by atoms with E-state index >= 15 is 0 Å². The fourth-order valence-electron chi connectivity index (χ4n) is 3.32. The van der Waals surface area contributed by atoms with E-state index in [2.05, 4.69) is 15.5 Å². The quantitative estimate of drug-likeness (QED) is 0.425. The van der Waals surface area contributed by atoms with Gasteiger partial charge in [0.05, 0.1) is 32.2 Å². The second-order valence-electron chi connectivity index (χ2n) is 7.48. The van der Waals surface area contributed by atoms with Crippen molar-refractivity contribution in [2.75, 3.05) is 14.2 Å². The summed E-state index contributed by atoms with van der Waals surface area (Å²) in [5.41, 5.74) is 5.37. The Morgan fingerprint density at radius 3 is 2.53 bits per heavy atom. The van der Waals surface area contributed by atoms with E-state index < -0.39 is 5.91 Å². The standard InChI is InChI=1S/C25H26N4O3/c1-15-6-7-18(10-16(15)2)17(3)28-25(30)20(13-26)11-21-14-27-29-24(21)19-8-9-22(31-4)23(12-19)32-5/h6-12,14,17H,1-5H3,(H,27,29)(H,28,30)/b20-11-/t17-/m1/s1. The Hall–Kier alpha value is -4.05. The highest BCUT2D eigenvalue weighted by Gasteiger charge is 2.17. The molecule has 7 nitrogen and oxygen atoms in total. The van der Waals surface area contributed by atoms with Crippen LogP contribution in [0.3, 0.4) is 0 Å². The second-order valence-corrected chi connectivity index (χ2v) is 7.48. The number of carbonyl (C=O) groups is 1. The van der Waals surface area contributed by atoms with Gasteiger partial charge >= 0.3 is 0 Å². The number of rotatable bonds is 7. The van der Waals surface area contributed by atoms with Crippen LogP contribution in [0, 0.1) is 25.2 Å². The third-order valence-electron chi connectivity index (χ3n) is 5.38. The van der Waals surface area contributed by atoms with Crippen molar-refractivity contribution in [3.63, 3.8) is 0 Å². The summed E-state index contributed by atoms with van der Waals surface area (Å²) in [4.78, 5) is 12.8. The minimum Gasteiger partial charge on any atom is -0.493 e. The van der Waals surface area contributed by atoms with Crippen LogP contribution in [0.5, 0.6) is 11.5 Å². The summed E-state index contributed by atoms with van der Waals surface area (Å²) in [7, 11) is 3.13. The molecule has 0 fully saturated rings. The third kappa shape index (κ3) is 4.81. The van der Waals surface area contributed by atoms with Crippen molar-refractivity contribution in [3.05, 3.63) is 70.4 Å². The molecule has 0 aliphatic rings. The first-order valence-corrected chi connectivity index (χ1v) is 10.1. The molecule has 32 heavy (non-hydrogen) atoms. The molecule has 3 aromatic rings. The summed E-state index contributed by atoms with van der Waals surface area (Å²) >= 11 is 0. The van der Waals surface area contributed by atoms with Crippen molar-refractivity contribution in [1.82, 2.24) is 15.5 Å². The maximum Gasteiger partial charge on any atom is 0.262 e. The first-order chi connectivity index (χ1) is 15.4. The number of carbonyl (C=O) groups excluding carboxylic acids is 1. The van der Waals surface area contributed by atoms with Crippen LogP contribution in [0.25, 0.3) is 17.3 Å². The van der Waals surface area contributed by atoms with Crippen LogP contribution < -0.4 is 14.8 Å². The van der Waals surface area contributed by atoms with Crippen LogP contribution in [0.2, 0.25) is 0 Å². The molecule has 0 radical (unpaired) electrons. The number of methoxy groups -OCH3 is 2. The van der Waals surface area contributed by atoms with Gasteiger partial charge in [0.1, 0.15) is 11.6 Å². The zero-order chi connectivity index (χ0) is 23.3. The highest BCUT2D eigenvalue weighted by atomic mass is 16.5. The molecule has 0 aliphatic heterocycles. The van der Waals surface area contributed by atoms with Crippen molar-refractivity contribution in [1.29, 1.82) is 5.26 Å². The van der Waals surface area contributed by atoms with Gasteiger partial charge < -0.3 is 14.8 Å². The molecule has 7 heteroatoms. The highest BCUT2D eigenvalue weighted by molar-refractivity contribution is 6.02. The molecule has 1 amide bonds. The average molecular weight is 431 g/mol. The Labute approximate surface area is 187 Å². The van der Waals surface area contributed by atoms with Crippen LogP contribution >= 0.6 is 0 Å². The predicted molar refractivity (Wildman–Crippen MR) is 123 cm³/mol. The number of hydrogen-bond donors (Lipinski definition) is 2. The van der Waals surface area contributed by atoms with Crippen molar-refractivity contribution >= 4 is 12.0 Å². The second kappa shape index (κ2) is 9.84. The number of aromatic amines is 1. The molecule has 164 valence electrons. The van der Waals surface area contributed by atoms with E-state index in [9.17, 15) is 10.1 Å². The van der Waals surface area contributed by atoms with Gasteiger partial charge in [-0.2, -0.15) is 10.4 Å². The molecule has 0 aliphatic carbocycles.